The average molecular weight is 207 g/mol. The summed E-state index contributed by atoms with van der Waals surface area (Å²) in [5, 5.41) is 0. The van der Waals surface area contributed by atoms with Gasteiger partial charge in [0, 0.05) is 5.57 Å². The molecule has 0 radical (unpaired) electrons. The fourth-order valence-electron chi connectivity index (χ4n) is 0.685. The van der Waals surface area contributed by atoms with Crippen molar-refractivity contribution >= 4 is 16.0 Å². The molecule has 0 atom stereocenters. The number of amides is 1. The lowest BCUT2D eigenvalue weighted by atomic mass is 10.2. The molecular weight excluding hydrogens is 194 g/mol. The predicted molar refractivity (Wildman–Crippen MR) is 48.6 cm³/mol. The van der Waals surface area contributed by atoms with E-state index in [1.165, 1.54) is 0 Å². The summed E-state index contributed by atoms with van der Waals surface area (Å²) in [4.78, 5) is 10.5. The molecule has 0 unspecified atom stereocenters. The molecule has 0 aliphatic heterocycles. The molecule has 13 heavy (non-hydrogen) atoms. The van der Waals surface area contributed by atoms with E-state index in [9.17, 15) is 13.2 Å². The topological polar surface area (TPSA) is 97.5 Å². The third-order valence-electron chi connectivity index (χ3n) is 1.45. The van der Waals surface area contributed by atoms with Crippen molar-refractivity contribution < 1.29 is 17.8 Å². The van der Waals surface area contributed by atoms with Gasteiger partial charge in [-0.2, -0.15) is 8.42 Å². The quantitative estimate of drug-likeness (QED) is 0.379. The summed E-state index contributed by atoms with van der Waals surface area (Å²) in [5.41, 5.74) is 5.33. The van der Waals surface area contributed by atoms with Crippen LogP contribution in [0.15, 0.2) is 11.6 Å². The smallest absolute Gasteiger partial charge is 0.264 e. The molecule has 5 nitrogen and oxygen atoms in total. The van der Waals surface area contributed by atoms with Gasteiger partial charge in [0.2, 0.25) is 5.91 Å². The zero-order valence-electron chi connectivity index (χ0n) is 7.36. The number of nitrogens with two attached hydrogens (primary N) is 1. The first-order chi connectivity index (χ1) is 5.83. The normalized spacial score (nSPS) is 12.9. The number of hydrogen-bond acceptors (Lipinski definition) is 3. The Hall–Kier alpha value is -0.880. The second-order valence-corrected chi connectivity index (χ2v) is 4.25. The molecule has 0 aromatic carbocycles. The Bertz CT molecular complexity index is 304. The summed E-state index contributed by atoms with van der Waals surface area (Å²) < 4.78 is 28.9. The Morgan fingerprint density at radius 2 is 2.08 bits per heavy atom. The molecule has 6 heteroatoms. The van der Waals surface area contributed by atoms with Crippen LogP contribution in [-0.4, -0.2) is 24.6 Å². The summed E-state index contributed by atoms with van der Waals surface area (Å²) in [6.07, 6.45) is 2.24. The first-order valence-electron chi connectivity index (χ1n) is 3.74. The second kappa shape index (κ2) is 4.98. The molecule has 0 fully saturated rings. The summed E-state index contributed by atoms with van der Waals surface area (Å²) in [7, 11) is -3.89. The van der Waals surface area contributed by atoms with Gasteiger partial charge in [-0.3, -0.25) is 9.35 Å². The summed E-state index contributed by atoms with van der Waals surface area (Å²) >= 11 is 0. The summed E-state index contributed by atoms with van der Waals surface area (Å²) in [5.74, 6) is -0.818. The minimum absolute atomic E-state index is 0.281. The lowest BCUT2D eigenvalue weighted by molar-refractivity contribution is -0.114. The maximum atomic E-state index is 10.5. The summed E-state index contributed by atoms with van der Waals surface area (Å²) in [6.45, 7) is 1.55. The van der Waals surface area contributed by atoms with Crippen molar-refractivity contribution in [3.05, 3.63) is 11.6 Å². The van der Waals surface area contributed by atoms with Gasteiger partial charge in [0.25, 0.3) is 10.1 Å². The molecule has 76 valence electrons. The monoisotopic (exact) mass is 207 g/mol. The third kappa shape index (κ3) is 7.48. The van der Waals surface area contributed by atoms with Gasteiger partial charge >= 0.3 is 0 Å². The largest absolute Gasteiger partial charge is 0.366 e. The molecule has 3 N–H and O–H groups in total. The van der Waals surface area contributed by atoms with E-state index in [0.717, 1.165) is 0 Å². The highest BCUT2D eigenvalue weighted by Crippen LogP contribution is 1.99. The second-order valence-electron chi connectivity index (χ2n) is 2.68. The molecular formula is C7H13NO4S. The van der Waals surface area contributed by atoms with E-state index in [4.69, 9.17) is 10.3 Å². The Morgan fingerprint density at radius 3 is 2.46 bits per heavy atom. The molecule has 0 saturated carbocycles. The maximum Gasteiger partial charge on any atom is 0.264 e. The molecule has 0 saturated heterocycles. The minimum Gasteiger partial charge on any atom is -0.366 e. The third-order valence-corrected chi connectivity index (χ3v) is 2.25. The van der Waals surface area contributed by atoms with Gasteiger partial charge in [0.05, 0.1) is 5.75 Å². The highest BCUT2D eigenvalue weighted by atomic mass is 32.2. The standard InChI is InChI=1S/C7H13NO4S/c1-6(7(8)9)4-2-3-5-13(10,11)12/h4H,2-3,5H2,1H3,(H2,8,9)(H,10,11,12). The molecule has 0 bridgehead atoms. The number of primary amides is 1. The lowest BCUT2D eigenvalue weighted by Crippen LogP contribution is -2.11. The Morgan fingerprint density at radius 1 is 1.54 bits per heavy atom. The molecule has 0 aromatic heterocycles. The van der Waals surface area contributed by atoms with Crippen molar-refractivity contribution in [2.45, 2.75) is 19.8 Å². The first kappa shape index (κ1) is 12.1. The number of carbonyl (C=O) groups is 1. The van der Waals surface area contributed by atoms with Crippen LogP contribution in [0.1, 0.15) is 19.8 Å². The van der Waals surface area contributed by atoms with Gasteiger partial charge in [-0.05, 0) is 19.8 Å². The van der Waals surface area contributed by atoms with Crippen LogP contribution in [0, 0.1) is 0 Å². The molecule has 0 spiro atoms. The number of allylic oxidation sites excluding steroid dienone is 1. The number of rotatable bonds is 5. The Labute approximate surface area is 77.4 Å². The SMILES string of the molecule is CC(=CCCCS(=O)(=O)O)C(N)=O. The molecule has 1 amide bonds. The maximum absolute atomic E-state index is 10.5. The van der Waals surface area contributed by atoms with Crippen molar-refractivity contribution in [1.82, 2.24) is 0 Å². The highest BCUT2D eigenvalue weighted by Gasteiger charge is 2.02. The van der Waals surface area contributed by atoms with E-state index in [-0.39, 0.29) is 12.2 Å². The molecule has 0 heterocycles. The van der Waals surface area contributed by atoms with Crippen molar-refractivity contribution in [1.29, 1.82) is 0 Å². The van der Waals surface area contributed by atoms with Crippen molar-refractivity contribution in [3.8, 4) is 0 Å². The average Bonchev–Trinajstić information content (AvgIpc) is 1.95. The van der Waals surface area contributed by atoms with Gasteiger partial charge in [-0.15, -0.1) is 0 Å². The number of hydrogen-bond donors (Lipinski definition) is 2. The molecule has 0 aromatic rings. The fraction of sp³-hybridized carbons (Fsp3) is 0.571. The zero-order chi connectivity index (χ0) is 10.5. The van der Waals surface area contributed by atoms with Crippen molar-refractivity contribution in [2.24, 2.45) is 5.73 Å². The predicted octanol–water partition coefficient (Wildman–Crippen LogP) is 0.0860. The number of carbonyl (C=O) groups excluding carboxylic acids is 1. The van der Waals surface area contributed by atoms with E-state index >= 15 is 0 Å². The van der Waals surface area contributed by atoms with Crippen LogP contribution in [0.2, 0.25) is 0 Å². The van der Waals surface area contributed by atoms with Crippen LogP contribution in [0.3, 0.4) is 0 Å². The van der Waals surface area contributed by atoms with E-state index in [1.54, 1.807) is 13.0 Å². The molecule has 0 aliphatic rings. The first-order valence-corrected chi connectivity index (χ1v) is 5.35. The van der Waals surface area contributed by atoms with Crippen LogP contribution in [-0.2, 0) is 14.9 Å². The van der Waals surface area contributed by atoms with Crippen molar-refractivity contribution in [2.75, 3.05) is 5.75 Å². The molecule has 0 aliphatic carbocycles. The van der Waals surface area contributed by atoms with E-state index in [2.05, 4.69) is 0 Å². The van der Waals surface area contributed by atoms with Gasteiger partial charge in [-0.1, -0.05) is 6.08 Å². The Kier molecular flexibility index (Phi) is 4.64. The molecule has 0 rings (SSSR count). The van der Waals surface area contributed by atoms with Gasteiger partial charge in [-0.25, -0.2) is 0 Å². The van der Waals surface area contributed by atoms with E-state index in [0.29, 0.717) is 12.0 Å². The van der Waals surface area contributed by atoms with Crippen LogP contribution in [0.4, 0.5) is 0 Å². The van der Waals surface area contributed by atoms with Crippen LogP contribution in [0.5, 0.6) is 0 Å². The van der Waals surface area contributed by atoms with Gasteiger partial charge in [0.1, 0.15) is 0 Å². The lowest BCUT2D eigenvalue weighted by Gasteiger charge is -1.95. The Balaban J connectivity index is 3.81. The van der Waals surface area contributed by atoms with Crippen LogP contribution in [0.25, 0.3) is 0 Å². The van der Waals surface area contributed by atoms with E-state index < -0.39 is 16.0 Å². The van der Waals surface area contributed by atoms with E-state index in [1.807, 2.05) is 0 Å². The number of unbranched alkanes of at least 4 members (excludes halogenated alkanes) is 1. The zero-order valence-corrected chi connectivity index (χ0v) is 8.17. The van der Waals surface area contributed by atoms with Gasteiger partial charge in [0.15, 0.2) is 0 Å². The van der Waals surface area contributed by atoms with Crippen molar-refractivity contribution in [3.63, 3.8) is 0 Å². The van der Waals surface area contributed by atoms with Gasteiger partial charge < -0.3 is 5.73 Å². The van der Waals surface area contributed by atoms with Crippen LogP contribution >= 0.6 is 0 Å². The highest BCUT2D eigenvalue weighted by molar-refractivity contribution is 7.85. The summed E-state index contributed by atoms with van der Waals surface area (Å²) in [6, 6.07) is 0. The fourth-order valence-corrected chi connectivity index (χ4v) is 1.22. The van der Waals surface area contributed by atoms with Crippen LogP contribution < -0.4 is 5.73 Å². The minimum atomic E-state index is -3.89.